The number of piperidine rings is 1. The highest BCUT2D eigenvalue weighted by Crippen LogP contribution is 2.18. The molecule has 2 heterocycles. The zero-order valence-electron chi connectivity index (χ0n) is 9.32. The van der Waals surface area contributed by atoms with Crippen LogP contribution in [0.1, 0.15) is 31.9 Å². The van der Waals surface area contributed by atoms with E-state index in [9.17, 15) is 0 Å². The molecule has 0 bridgehead atoms. The van der Waals surface area contributed by atoms with Gasteiger partial charge in [0.15, 0.2) is 0 Å². The highest BCUT2D eigenvalue weighted by Gasteiger charge is 2.18. The lowest BCUT2D eigenvalue weighted by Crippen LogP contribution is -2.36. The van der Waals surface area contributed by atoms with Crippen molar-refractivity contribution in [1.82, 2.24) is 9.88 Å². The van der Waals surface area contributed by atoms with E-state index < -0.39 is 0 Å². The van der Waals surface area contributed by atoms with Gasteiger partial charge in [0.1, 0.15) is 5.82 Å². The molecule has 0 radical (unpaired) electrons. The van der Waals surface area contributed by atoms with Crippen molar-refractivity contribution in [1.29, 1.82) is 0 Å². The van der Waals surface area contributed by atoms with Crippen LogP contribution >= 0.6 is 0 Å². The second kappa shape index (κ2) is 4.62. The fourth-order valence-corrected chi connectivity index (χ4v) is 2.19. The number of hydrogen-bond donors (Lipinski definition) is 1. The van der Waals surface area contributed by atoms with Gasteiger partial charge in [-0.3, -0.25) is 4.90 Å². The number of nitrogens with two attached hydrogens (primary N) is 1. The maximum atomic E-state index is 5.67. The van der Waals surface area contributed by atoms with Crippen LogP contribution in [0.2, 0.25) is 0 Å². The Morgan fingerprint density at radius 2 is 2.33 bits per heavy atom. The molecule has 1 aromatic rings. The van der Waals surface area contributed by atoms with Crippen LogP contribution in [-0.2, 0) is 6.54 Å². The summed E-state index contributed by atoms with van der Waals surface area (Å²) in [7, 11) is 0. The molecule has 1 fully saturated rings. The fourth-order valence-electron chi connectivity index (χ4n) is 2.19. The third-order valence-electron chi connectivity index (χ3n) is 3.13. The molecule has 2 N–H and O–H groups in total. The summed E-state index contributed by atoms with van der Waals surface area (Å²) in [6.07, 6.45) is 3.98. The van der Waals surface area contributed by atoms with Gasteiger partial charge >= 0.3 is 0 Å². The standard InChI is InChI=1S/C12H19N3/c1-10-5-2-3-8-15(10)9-11-6-4-7-12(13)14-11/h4,6-7,10H,2-3,5,8-9H2,1H3,(H2,13,14). The van der Waals surface area contributed by atoms with Crippen molar-refractivity contribution in [3.63, 3.8) is 0 Å². The molecular weight excluding hydrogens is 186 g/mol. The van der Waals surface area contributed by atoms with E-state index in [-0.39, 0.29) is 0 Å². The van der Waals surface area contributed by atoms with Crippen LogP contribution in [0.15, 0.2) is 18.2 Å². The number of rotatable bonds is 2. The smallest absolute Gasteiger partial charge is 0.123 e. The van der Waals surface area contributed by atoms with Crippen LogP contribution in [0.3, 0.4) is 0 Å². The Kier molecular flexibility index (Phi) is 3.21. The third kappa shape index (κ3) is 2.69. The van der Waals surface area contributed by atoms with E-state index in [2.05, 4.69) is 22.9 Å². The van der Waals surface area contributed by atoms with Crippen LogP contribution in [0.4, 0.5) is 5.82 Å². The number of pyridine rings is 1. The molecule has 0 saturated carbocycles. The van der Waals surface area contributed by atoms with E-state index in [0.717, 1.165) is 12.2 Å². The molecule has 3 heteroatoms. The maximum absolute atomic E-state index is 5.67. The number of nitrogen functional groups attached to an aromatic ring is 1. The first-order chi connectivity index (χ1) is 7.25. The zero-order valence-corrected chi connectivity index (χ0v) is 9.32. The first kappa shape index (κ1) is 10.4. The Morgan fingerprint density at radius 3 is 3.07 bits per heavy atom. The topological polar surface area (TPSA) is 42.1 Å². The van der Waals surface area contributed by atoms with E-state index in [1.54, 1.807) is 0 Å². The van der Waals surface area contributed by atoms with Gasteiger partial charge in [-0.2, -0.15) is 0 Å². The molecule has 3 nitrogen and oxygen atoms in total. The van der Waals surface area contributed by atoms with Gasteiger partial charge in [0.05, 0.1) is 5.69 Å². The van der Waals surface area contributed by atoms with Crippen molar-refractivity contribution >= 4 is 5.82 Å². The number of likely N-dealkylation sites (tertiary alicyclic amines) is 1. The molecule has 1 aliphatic rings. The van der Waals surface area contributed by atoms with Crippen molar-refractivity contribution < 1.29 is 0 Å². The first-order valence-corrected chi connectivity index (χ1v) is 5.71. The van der Waals surface area contributed by atoms with Gasteiger partial charge in [-0.25, -0.2) is 4.98 Å². The molecule has 1 aliphatic heterocycles. The SMILES string of the molecule is CC1CCCCN1Cc1cccc(N)n1. The molecule has 1 aromatic heterocycles. The summed E-state index contributed by atoms with van der Waals surface area (Å²) in [5, 5.41) is 0. The zero-order chi connectivity index (χ0) is 10.7. The molecule has 0 aliphatic carbocycles. The summed E-state index contributed by atoms with van der Waals surface area (Å²) >= 11 is 0. The summed E-state index contributed by atoms with van der Waals surface area (Å²) in [5.74, 6) is 0.622. The minimum Gasteiger partial charge on any atom is -0.384 e. The van der Waals surface area contributed by atoms with Gasteiger partial charge in [0.2, 0.25) is 0 Å². The van der Waals surface area contributed by atoms with Crippen LogP contribution < -0.4 is 5.73 Å². The number of anilines is 1. The second-order valence-corrected chi connectivity index (χ2v) is 4.37. The van der Waals surface area contributed by atoms with Gasteiger partial charge in [0, 0.05) is 12.6 Å². The van der Waals surface area contributed by atoms with E-state index in [0.29, 0.717) is 11.9 Å². The Bertz CT molecular complexity index is 324. The average Bonchev–Trinajstić information content (AvgIpc) is 2.22. The first-order valence-electron chi connectivity index (χ1n) is 5.71. The minimum absolute atomic E-state index is 0.622. The molecule has 2 rings (SSSR count). The molecule has 0 amide bonds. The van der Waals surface area contributed by atoms with Gasteiger partial charge in [-0.1, -0.05) is 12.5 Å². The van der Waals surface area contributed by atoms with Gasteiger partial charge in [0.25, 0.3) is 0 Å². The quantitative estimate of drug-likeness (QED) is 0.803. The molecule has 1 atom stereocenters. The molecular formula is C12H19N3. The van der Waals surface area contributed by atoms with Gasteiger partial charge in [-0.05, 0) is 38.4 Å². The maximum Gasteiger partial charge on any atom is 0.123 e. The fraction of sp³-hybridized carbons (Fsp3) is 0.583. The summed E-state index contributed by atoms with van der Waals surface area (Å²) < 4.78 is 0. The lowest BCUT2D eigenvalue weighted by atomic mass is 10.0. The molecule has 1 saturated heterocycles. The Hall–Kier alpha value is -1.09. The van der Waals surface area contributed by atoms with Gasteiger partial charge in [-0.15, -0.1) is 0 Å². The van der Waals surface area contributed by atoms with E-state index in [1.165, 1.54) is 25.8 Å². The molecule has 82 valence electrons. The van der Waals surface area contributed by atoms with Crippen molar-refractivity contribution in [2.24, 2.45) is 0 Å². The summed E-state index contributed by atoms with van der Waals surface area (Å²) in [5.41, 5.74) is 6.76. The number of nitrogens with zero attached hydrogens (tertiary/aromatic N) is 2. The van der Waals surface area contributed by atoms with Crippen LogP contribution in [0, 0.1) is 0 Å². The lowest BCUT2D eigenvalue weighted by molar-refractivity contribution is 0.151. The van der Waals surface area contributed by atoms with Crippen molar-refractivity contribution in [3.05, 3.63) is 23.9 Å². The summed E-state index contributed by atoms with van der Waals surface area (Å²) in [6, 6.07) is 6.55. The van der Waals surface area contributed by atoms with E-state index >= 15 is 0 Å². The highest BCUT2D eigenvalue weighted by atomic mass is 15.2. The lowest BCUT2D eigenvalue weighted by Gasteiger charge is -2.32. The largest absolute Gasteiger partial charge is 0.384 e. The average molecular weight is 205 g/mol. The van der Waals surface area contributed by atoms with Crippen molar-refractivity contribution in [2.75, 3.05) is 12.3 Å². The normalized spacial score (nSPS) is 22.9. The molecule has 0 aromatic carbocycles. The van der Waals surface area contributed by atoms with Crippen LogP contribution in [0.5, 0.6) is 0 Å². The van der Waals surface area contributed by atoms with Crippen LogP contribution in [0.25, 0.3) is 0 Å². The van der Waals surface area contributed by atoms with Crippen LogP contribution in [-0.4, -0.2) is 22.5 Å². The summed E-state index contributed by atoms with van der Waals surface area (Å²) in [6.45, 7) is 4.43. The highest BCUT2D eigenvalue weighted by molar-refractivity contribution is 5.28. The van der Waals surface area contributed by atoms with Crippen molar-refractivity contribution in [3.8, 4) is 0 Å². The van der Waals surface area contributed by atoms with E-state index in [1.807, 2.05) is 12.1 Å². The Balaban J connectivity index is 2.01. The van der Waals surface area contributed by atoms with E-state index in [4.69, 9.17) is 5.73 Å². The predicted molar refractivity (Wildman–Crippen MR) is 62.4 cm³/mol. The van der Waals surface area contributed by atoms with Crippen molar-refractivity contribution in [2.45, 2.75) is 38.8 Å². The summed E-state index contributed by atoms with van der Waals surface area (Å²) in [4.78, 5) is 6.83. The molecule has 15 heavy (non-hydrogen) atoms. The number of aromatic nitrogens is 1. The molecule has 1 unspecified atom stereocenters. The number of hydrogen-bond acceptors (Lipinski definition) is 3. The monoisotopic (exact) mass is 205 g/mol. The second-order valence-electron chi connectivity index (χ2n) is 4.37. The predicted octanol–water partition coefficient (Wildman–Crippen LogP) is 2.04. The Labute approximate surface area is 91.3 Å². The molecule has 0 spiro atoms. The Morgan fingerprint density at radius 1 is 1.47 bits per heavy atom. The minimum atomic E-state index is 0.622. The van der Waals surface area contributed by atoms with Gasteiger partial charge < -0.3 is 5.73 Å². The third-order valence-corrected chi connectivity index (χ3v) is 3.13.